The van der Waals surface area contributed by atoms with Gasteiger partial charge in [0.15, 0.2) is 0 Å². The summed E-state index contributed by atoms with van der Waals surface area (Å²) in [6.45, 7) is 9.65. The zero-order valence-electron chi connectivity index (χ0n) is 11.5. The van der Waals surface area contributed by atoms with E-state index in [1.807, 2.05) is 6.92 Å². The Balaban J connectivity index is 3.16. The quantitative estimate of drug-likeness (QED) is 0.407. The Labute approximate surface area is 111 Å². The van der Waals surface area contributed by atoms with Crippen molar-refractivity contribution in [2.75, 3.05) is 39.5 Å². The van der Waals surface area contributed by atoms with Gasteiger partial charge in [-0.2, -0.15) is 0 Å². The summed E-state index contributed by atoms with van der Waals surface area (Å²) in [6.07, 6.45) is 2.96. The second-order valence-electron chi connectivity index (χ2n) is 3.82. The number of ether oxygens (including phenoxy) is 2. The highest BCUT2D eigenvalue weighted by Gasteiger charge is 1.94. The molecule has 0 heterocycles. The topological polar surface area (TPSA) is 56.5 Å². The predicted molar refractivity (Wildman–Crippen MR) is 75.1 cm³/mol. The second-order valence-corrected chi connectivity index (χ2v) is 3.82. The number of unbranched alkanes of at least 4 members (excludes halogenated alkanes) is 1. The molecule has 0 unspecified atom stereocenters. The van der Waals surface area contributed by atoms with Crippen molar-refractivity contribution in [2.45, 2.75) is 26.2 Å². The van der Waals surface area contributed by atoms with E-state index in [9.17, 15) is 0 Å². The van der Waals surface area contributed by atoms with Crippen molar-refractivity contribution in [2.24, 2.45) is 5.73 Å². The van der Waals surface area contributed by atoms with Crippen molar-refractivity contribution < 1.29 is 9.47 Å². The van der Waals surface area contributed by atoms with Gasteiger partial charge in [0.1, 0.15) is 0 Å². The average Bonchev–Trinajstić information content (AvgIpc) is 2.38. The van der Waals surface area contributed by atoms with Crippen LogP contribution in [0.2, 0.25) is 0 Å². The minimum absolute atomic E-state index is 0.559. The number of nitrogens with two attached hydrogens (primary N) is 1. The molecule has 0 aromatic rings. The van der Waals surface area contributed by atoms with Crippen molar-refractivity contribution in [3.05, 3.63) is 12.3 Å². The van der Waals surface area contributed by atoms with E-state index in [1.165, 1.54) is 0 Å². The van der Waals surface area contributed by atoms with E-state index in [0.717, 1.165) is 31.5 Å². The largest absolute Gasteiger partial charge is 0.387 e. The maximum atomic E-state index is 5.38. The summed E-state index contributed by atoms with van der Waals surface area (Å²) in [7, 11) is 0. The standard InChI is InChI=1S/C14H26N2O2/c1-3-4-5-6-7-14(2)16-9-11-18-13-12-17-10-8-15/h16H,2,5-13,15H2,1H3. The molecule has 0 aromatic heterocycles. The molecule has 3 N–H and O–H groups in total. The molecule has 0 spiro atoms. The molecule has 0 aliphatic rings. The van der Waals surface area contributed by atoms with E-state index in [0.29, 0.717) is 33.0 Å². The Morgan fingerprint density at radius 1 is 1.22 bits per heavy atom. The van der Waals surface area contributed by atoms with Crippen LogP contribution in [0.3, 0.4) is 0 Å². The molecule has 18 heavy (non-hydrogen) atoms. The normalized spacial score (nSPS) is 9.67. The molecule has 104 valence electrons. The highest BCUT2D eigenvalue weighted by atomic mass is 16.5. The SMILES string of the molecule is C=C(CCCC#CC)NCCOCCOCCN. The van der Waals surface area contributed by atoms with Crippen LogP contribution in [0, 0.1) is 11.8 Å². The van der Waals surface area contributed by atoms with Crippen molar-refractivity contribution in [1.82, 2.24) is 5.32 Å². The van der Waals surface area contributed by atoms with Gasteiger partial charge in [0, 0.05) is 25.2 Å². The molecule has 4 nitrogen and oxygen atoms in total. The first kappa shape index (κ1) is 17.0. The van der Waals surface area contributed by atoms with Crippen LogP contribution in [-0.4, -0.2) is 39.5 Å². The number of hydrogen-bond acceptors (Lipinski definition) is 4. The number of allylic oxidation sites excluding steroid dienone is 1. The number of hydrogen-bond donors (Lipinski definition) is 2. The fourth-order valence-corrected chi connectivity index (χ4v) is 1.31. The van der Waals surface area contributed by atoms with Crippen LogP contribution in [-0.2, 0) is 9.47 Å². The van der Waals surface area contributed by atoms with Gasteiger partial charge in [-0.05, 0) is 19.8 Å². The van der Waals surface area contributed by atoms with Gasteiger partial charge in [0.05, 0.1) is 26.4 Å². The highest BCUT2D eigenvalue weighted by Crippen LogP contribution is 2.00. The third-order valence-corrected chi connectivity index (χ3v) is 2.21. The monoisotopic (exact) mass is 254 g/mol. The van der Waals surface area contributed by atoms with Gasteiger partial charge >= 0.3 is 0 Å². The fraction of sp³-hybridized carbons (Fsp3) is 0.714. The fourth-order valence-electron chi connectivity index (χ4n) is 1.31. The maximum absolute atomic E-state index is 5.38. The van der Waals surface area contributed by atoms with Crippen LogP contribution in [0.15, 0.2) is 12.3 Å². The minimum atomic E-state index is 0.559. The van der Waals surface area contributed by atoms with Gasteiger partial charge in [-0.3, -0.25) is 0 Å². The zero-order chi connectivity index (χ0) is 13.5. The molecule has 0 aliphatic carbocycles. The number of rotatable bonds is 12. The molecule has 0 radical (unpaired) electrons. The molecular weight excluding hydrogens is 228 g/mol. The van der Waals surface area contributed by atoms with Crippen molar-refractivity contribution in [3.63, 3.8) is 0 Å². The van der Waals surface area contributed by atoms with Gasteiger partial charge in [-0.25, -0.2) is 0 Å². The van der Waals surface area contributed by atoms with E-state index in [2.05, 4.69) is 23.7 Å². The summed E-state index contributed by atoms with van der Waals surface area (Å²) < 4.78 is 10.6. The molecule has 0 aromatic carbocycles. The van der Waals surface area contributed by atoms with Gasteiger partial charge in [-0.1, -0.05) is 6.58 Å². The van der Waals surface area contributed by atoms with Crippen molar-refractivity contribution in [3.8, 4) is 11.8 Å². The Bertz CT molecular complexity index is 256. The Morgan fingerprint density at radius 3 is 2.61 bits per heavy atom. The van der Waals surface area contributed by atoms with Crippen molar-refractivity contribution in [1.29, 1.82) is 0 Å². The van der Waals surface area contributed by atoms with Gasteiger partial charge in [0.2, 0.25) is 0 Å². The van der Waals surface area contributed by atoms with E-state index in [4.69, 9.17) is 15.2 Å². The Hall–Kier alpha value is -1.02. The first-order chi connectivity index (χ1) is 8.81. The van der Waals surface area contributed by atoms with E-state index in [1.54, 1.807) is 0 Å². The summed E-state index contributed by atoms with van der Waals surface area (Å²) in [4.78, 5) is 0. The van der Waals surface area contributed by atoms with Gasteiger partial charge in [-0.15, -0.1) is 11.8 Å². The summed E-state index contributed by atoms with van der Waals surface area (Å²) in [6, 6.07) is 0. The molecular formula is C14H26N2O2. The smallest absolute Gasteiger partial charge is 0.0701 e. The minimum Gasteiger partial charge on any atom is -0.387 e. The second kappa shape index (κ2) is 14.0. The molecule has 0 rings (SSSR count). The highest BCUT2D eigenvalue weighted by molar-refractivity contribution is 4.97. The molecule has 0 aliphatic heterocycles. The summed E-state index contributed by atoms with van der Waals surface area (Å²) in [5.74, 6) is 5.92. The van der Waals surface area contributed by atoms with Gasteiger partial charge < -0.3 is 20.5 Å². The molecule has 0 atom stereocenters. The molecule has 0 saturated heterocycles. The first-order valence-electron chi connectivity index (χ1n) is 6.48. The van der Waals surface area contributed by atoms with E-state index in [-0.39, 0.29) is 0 Å². The molecule has 0 saturated carbocycles. The third-order valence-electron chi connectivity index (χ3n) is 2.21. The average molecular weight is 254 g/mol. The summed E-state index contributed by atoms with van der Waals surface area (Å²) >= 11 is 0. The van der Waals surface area contributed by atoms with Crippen molar-refractivity contribution >= 4 is 0 Å². The lowest BCUT2D eigenvalue weighted by atomic mass is 10.2. The van der Waals surface area contributed by atoms with Crippen LogP contribution in [0.5, 0.6) is 0 Å². The lowest BCUT2D eigenvalue weighted by Crippen LogP contribution is -2.20. The lowest BCUT2D eigenvalue weighted by Gasteiger charge is -2.09. The van der Waals surface area contributed by atoms with Crippen LogP contribution in [0.1, 0.15) is 26.2 Å². The molecule has 0 fully saturated rings. The first-order valence-corrected chi connectivity index (χ1v) is 6.48. The molecule has 0 bridgehead atoms. The maximum Gasteiger partial charge on any atom is 0.0701 e. The Morgan fingerprint density at radius 2 is 1.94 bits per heavy atom. The third kappa shape index (κ3) is 13.0. The van der Waals surface area contributed by atoms with E-state index >= 15 is 0 Å². The molecule has 0 amide bonds. The van der Waals surface area contributed by atoms with Crippen LogP contribution in [0.4, 0.5) is 0 Å². The predicted octanol–water partition coefficient (Wildman–Crippen LogP) is 1.28. The summed E-state index contributed by atoms with van der Waals surface area (Å²) in [5.41, 5.74) is 6.34. The van der Waals surface area contributed by atoms with Gasteiger partial charge in [0.25, 0.3) is 0 Å². The number of nitrogens with one attached hydrogen (secondary N) is 1. The van der Waals surface area contributed by atoms with E-state index < -0.39 is 0 Å². The Kier molecular flexibility index (Phi) is 13.2. The van der Waals surface area contributed by atoms with Crippen LogP contribution < -0.4 is 11.1 Å². The zero-order valence-corrected chi connectivity index (χ0v) is 11.5. The van der Waals surface area contributed by atoms with Crippen LogP contribution in [0.25, 0.3) is 0 Å². The van der Waals surface area contributed by atoms with Crippen LogP contribution >= 0.6 is 0 Å². The lowest BCUT2D eigenvalue weighted by molar-refractivity contribution is 0.0524. The molecule has 4 heteroatoms. The summed E-state index contributed by atoms with van der Waals surface area (Å²) in [5, 5.41) is 3.23.